The number of hydrogen-bond acceptors (Lipinski definition) is 4. The van der Waals surface area contributed by atoms with E-state index in [0.717, 1.165) is 31.9 Å². The number of guanidine groups is 1. The van der Waals surface area contributed by atoms with Gasteiger partial charge in [0.1, 0.15) is 0 Å². The van der Waals surface area contributed by atoms with Gasteiger partial charge in [-0.3, -0.25) is 9.79 Å². The fourth-order valence-electron chi connectivity index (χ4n) is 3.97. The van der Waals surface area contributed by atoms with Crippen molar-refractivity contribution in [3.8, 4) is 0 Å². The monoisotopic (exact) mass is 366 g/mol. The highest BCUT2D eigenvalue weighted by molar-refractivity contribution is 5.81. The molecule has 0 bridgehead atoms. The predicted octanol–water partition coefficient (Wildman–Crippen LogP) is 2.49. The molecule has 0 radical (unpaired) electrons. The van der Waals surface area contributed by atoms with Crippen LogP contribution in [0.5, 0.6) is 0 Å². The minimum Gasteiger partial charge on any atom is -0.466 e. The van der Waals surface area contributed by atoms with E-state index in [1.54, 1.807) is 0 Å². The lowest BCUT2D eigenvalue weighted by Gasteiger charge is -2.34. The number of esters is 1. The summed E-state index contributed by atoms with van der Waals surface area (Å²) in [5.74, 6) is 0.840. The van der Waals surface area contributed by atoms with Crippen LogP contribution in [-0.4, -0.2) is 74.7 Å². The average Bonchev–Trinajstić information content (AvgIpc) is 2.68. The molecule has 150 valence electrons. The van der Waals surface area contributed by atoms with Gasteiger partial charge in [-0.05, 0) is 65.1 Å². The molecule has 6 nitrogen and oxygen atoms in total. The first kappa shape index (κ1) is 21.0. The van der Waals surface area contributed by atoms with Gasteiger partial charge in [0.2, 0.25) is 0 Å². The second kappa shape index (κ2) is 12.2. The third kappa shape index (κ3) is 7.14. The molecule has 0 saturated carbocycles. The smallest absolute Gasteiger partial charge is 0.310 e. The van der Waals surface area contributed by atoms with E-state index in [9.17, 15) is 4.79 Å². The molecule has 0 aromatic rings. The molecule has 2 rings (SSSR count). The molecular weight excluding hydrogens is 328 g/mol. The van der Waals surface area contributed by atoms with E-state index >= 15 is 0 Å². The maximum Gasteiger partial charge on any atom is 0.310 e. The van der Waals surface area contributed by atoms with Crippen LogP contribution in [0.2, 0.25) is 0 Å². The highest BCUT2D eigenvalue weighted by Gasteiger charge is 2.28. The van der Waals surface area contributed by atoms with Crippen molar-refractivity contribution in [1.29, 1.82) is 0 Å². The van der Waals surface area contributed by atoms with Crippen molar-refractivity contribution >= 4 is 11.9 Å². The number of unbranched alkanes of at least 4 members (excludes halogenated alkanes) is 2. The van der Waals surface area contributed by atoms with Crippen LogP contribution in [0.4, 0.5) is 0 Å². The van der Waals surface area contributed by atoms with Gasteiger partial charge in [-0.15, -0.1) is 0 Å². The van der Waals surface area contributed by atoms with Crippen molar-refractivity contribution in [3.05, 3.63) is 0 Å². The van der Waals surface area contributed by atoms with Crippen LogP contribution in [0.15, 0.2) is 4.99 Å². The van der Waals surface area contributed by atoms with Crippen LogP contribution in [0, 0.1) is 5.92 Å². The Hall–Kier alpha value is -1.30. The highest BCUT2D eigenvalue weighted by Crippen LogP contribution is 2.18. The molecule has 0 aliphatic carbocycles. The summed E-state index contributed by atoms with van der Waals surface area (Å²) in [6.07, 6.45) is 9.81. The lowest BCUT2D eigenvalue weighted by molar-refractivity contribution is -0.149. The lowest BCUT2D eigenvalue weighted by atomic mass is 9.98. The maximum atomic E-state index is 12.0. The Kier molecular flexibility index (Phi) is 9.82. The molecule has 1 atom stereocenters. The number of rotatable bonds is 8. The number of piperidine rings is 2. The Morgan fingerprint density at radius 1 is 1.12 bits per heavy atom. The number of ether oxygens (including phenoxy) is 1. The number of carbonyl (C=O) groups excluding carboxylic acids is 1. The zero-order valence-electron chi connectivity index (χ0n) is 16.8. The maximum absolute atomic E-state index is 12.0. The SMILES string of the molecule is CCOC(=O)C1CCCN(C(=NC)NCCCCCN2CCCCC2)C1. The molecule has 1 N–H and O–H groups in total. The molecule has 0 aromatic carbocycles. The van der Waals surface area contributed by atoms with Crippen LogP contribution in [-0.2, 0) is 9.53 Å². The van der Waals surface area contributed by atoms with E-state index in [0.29, 0.717) is 13.2 Å². The molecule has 2 aliphatic heterocycles. The van der Waals surface area contributed by atoms with Gasteiger partial charge < -0.3 is 19.9 Å². The first-order valence-corrected chi connectivity index (χ1v) is 10.6. The van der Waals surface area contributed by atoms with Gasteiger partial charge >= 0.3 is 5.97 Å². The Balaban J connectivity index is 1.61. The quantitative estimate of drug-likeness (QED) is 0.310. The minimum absolute atomic E-state index is 0.0215. The number of hydrogen-bond donors (Lipinski definition) is 1. The molecule has 6 heteroatoms. The van der Waals surface area contributed by atoms with Gasteiger partial charge in [0.05, 0.1) is 12.5 Å². The number of carbonyl (C=O) groups is 1. The lowest BCUT2D eigenvalue weighted by Crippen LogP contribution is -2.48. The first-order valence-electron chi connectivity index (χ1n) is 10.6. The van der Waals surface area contributed by atoms with E-state index in [-0.39, 0.29) is 11.9 Å². The molecule has 26 heavy (non-hydrogen) atoms. The largest absolute Gasteiger partial charge is 0.466 e. The van der Waals surface area contributed by atoms with Crippen LogP contribution >= 0.6 is 0 Å². The molecule has 2 fully saturated rings. The van der Waals surface area contributed by atoms with Crippen molar-refractivity contribution in [3.63, 3.8) is 0 Å². The van der Waals surface area contributed by atoms with Crippen molar-refractivity contribution in [2.75, 3.05) is 52.9 Å². The van der Waals surface area contributed by atoms with E-state index < -0.39 is 0 Å². The number of likely N-dealkylation sites (tertiary alicyclic amines) is 2. The van der Waals surface area contributed by atoms with Gasteiger partial charge in [0.15, 0.2) is 5.96 Å². The second-order valence-corrected chi connectivity index (χ2v) is 7.47. The summed E-state index contributed by atoms with van der Waals surface area (Å²) in [7, 11) is 1.83. The standard InChI is InChI=1S/C20H38N4O2/c1-3-26-19(25)18-11-10-16-24(17-18)20(21-2)22-12-6-4-7-13-23-14-8-5-9-15-23/h18H,3-17H2,1-2H3,(H,21,22). The summed E-state index contributed by atoms with van der Waals surface area (Å²) >= 11 is 0. The predicted molar refractivity (Wildman–Crippen MR) is 106 cm³/mol. The van der Waals surface area contributed by atoms with E-state index in [1.165, 1.54) is 58.2 Å². The summed E-state index contributed by atoms with van der Waals surface area (Å²) in [6, 6.07) is 0. The zero-order chi connectivity index (χ0) is 18.6. The van der Waals surface area contributed by atoms with Gasteiger partial charge in [-0.2, -0.15) is 0 Å². The van der Waals surface area contributed by atoms with Crippen molar-refractivity contribution in [2.24, 2.45) is 10.9 Å². The molecular formula is C20H38N4O2. The summed E-state index contributed by atoms with van der Waals surface area (Å²) in [5, 5.41) is 3.48. The summed E-state index contributed by atoms with van der Waals surface area (Å²) in [4.78, 5) is 21.2. The van der Waals surface area contributed by atoms with Crippen LogP contribution in [0.1, 0.15) is 58.3 Å². The van der Waals surface area contributed by atoms with Crippen molar-refractivity contribution in [1.82, 2.24) is 15.1 Å². The zero-order valence-corrected chi connectivity index (χ0v) is 16.8. The summed E-state index contributed by atoms with van der Waals surface area (Å²) < 4.78 is 5.19. The Bertz CT molecular complexity index is 436. The normalized spacial score (nSPS) is 22.3. The Morgan fingerprint density at radius 3 is 2.65 bits per heavy atom. The Morgan fingerprint density at radius 2 is 1.92 bits per heavy atom. The van der Waals surface area contributed by atoms with Gasteiger partial charge in [0, 0.05) is 26.7 Å². The number of nitrogens with one attached hydrogen (secondary N) is 1. The van der Waals surface area contributed by atoms with Crippen LogP contribution in [0.25, 0.3) is 0 Å². The molecule has 2 heterocycles. The van der Waals surface area contributed by atoms with E-state index in [1.807, 2.05) is 14.0 Å². The molecule has 0 spiro atoms. The van der Waals surface area contributed by atoms with Gasteiger partial charge in [-0.1, -0.05) is 12.8 Å². The fraction of sp³-hybridized carbons (Fsp3) is 0.900. The second-order valence-electron chi connectivity index (χ2n) is 7.47. The number of aliphatic imine (C=N–C) groups is 1. The summed E-state index contributed by atoms with van der Waals surface area (Å²) in [6.45, 7) is 8.79. The van der Waals surface area contributed by atoms with Crippen LogP contribution < -0.4 is 5.32 Å². The van der Waals surface area contributed by atoms with Crippen molar-refractivity contribution in [2.45, 2.75) is 58.3 Å². The topological polar surface area (TPSA) is 57.2 Å². The van der Waals surface area contributed by atoms with Crippen molar-refractivity contribution < 1.29 is 9.53 Å². The van der Waals surface area contributed by atoms with E-state index in [4.69, 9.17) is 4.74 Å². The number of nitrogens with zero attached hydrogens (tertiary/aromatic N) is 3. The third-order valence-corrected chi connectivity index (χ3v) is 5.44. The molecule has 0 aromatic heterocycles. The minimum atomic E-state index is -0.0645. The first-order chi connectivity index (χ1) is 12.7. The molecule has 2 saturated heterocycles. The van der Waals surface area contributed by atoms with Crippen LogP contribution in [0.3, 0.4) is 0 Å². The van der Waals surface area contributed by atoms with E-state index in [2.05, 4.69) is 20.1 Å². The fourth-order valence-corrected chi connectivity index (χ4v) is 3.97. The molecule has 0 amide bonds. The Labute approximate surface area is 159 Å². The van der Waals surface area contributed by atoms with Gasteiger partial charge in [-0.25, -0.2) is 0 Å². The summed E-state index contributed by atoms with van der Waals surface area (Å²) in [5.41, 5.74) is 0. The average molecular weight is 367 g/mol. The highest BCUT2D eigenvalue weighted by atomic mass is 16.5. The third-order valence-electron chi connectivity index (χ3n) is 5.44. The molecule has 1 unspecified atom stereocenters. The molecule has 2 aliphatic rings. The van der Waals surface area contributed by atoms with Gasteiger partial charge in [0.25, 0.3) is 0 Å².